The summed E-state index contributed by atoms with van der Waals surface area (Å²) in [6, 6.07) is 0. The number of halogens is 2. The third kappa shape index (κ3) is 4.01. The Bertz CT molecular complexity index is 362. The van der Waals surface area contributed by atoms with Crippen LogP contribution in [0.3, 0.4) is 0 Å². The van der Waals surface area contributed by atoms with E-state index < -0.39 is 0 Å². The van der Waals surface area contributed by atoms with E-state index in [-0.39, 0.29) is 17.7 Å². The third-order valence-corrected chi connectivity index (χ3v) is 2.33. The molecule has 0 radical (unpaired) electrons. The highest BCUT2D eigenvalue weighted by atomic mass is 79.9. The summed E-state index contributed by atoms with van der Waals surface area (Å²) >= 11 is 8.86. The summed E-state index contributed by atoms with van der Waals surface area (Å²) in [6.07, 6.45) is 1.81. The summed E-state index contributed by atoms with van der Waals surface area (Å²) in [5, 5.41) is 3.09. The number of hydrogen-bond donors (Lipinski definition) is 1. The lowest BCUT2D eigenvalue weighted by atomic mass is 10.4. The van der Waals surface area contributed by atoms with Crippen molar-refractivity contribution < 1.29 is 9.53 Å². The minimum Gasteiger partial charge on any atom is -0.469 e. The standard InChI is InChI=1S/C8H9BrClN3O2/c1-15-6(14)2-3-11-7-5(9)4-12-8(10)13-7/h4H,2-3H2,1H3,(H,11,12,13). The number of carbonyl (C=O) groups is 1. The Morgan fingerprint density at radius 3 is 3.13 bits per heavy atom. The number of anilines is 1. The smallest absolute Gasteiger partial charge is 0.307 e. The van der Waals surface area contributed by atoms with Gasteiger partial charge in [-0.2, -0.15) is 4.98 Å². The van der Waals surface area contributed by atoms with E-state index in [1.54, 1.807) is 0 Å². The maximum atomic E-state index is 10.8. The van der Waals surface area contributed by atoms with Crippen LogP contribution in [-0.4, -0.2) is 29.6 Å². The van der Waals surface area contributed by atoms with Gasteiger partial charge in [0.25, 0.3) is 0 Å². The fraction of sp³-hybridized carbons (Fsp3) is 0.375. The van der Waals surface area contributed by atoms with Crippen LogP contribution in [0.2, 0.25) is 5.28 Å². The first kappa shape index (κ1) is 12.2. The number of ether oxygens (including phenoxy) is 1. The lowest BCUT2D eigenvalue weighted by Gasteiger charge is -2.06. The molecule has 0 spiro atoms. The van der Waals surface area contributed by atoms with E-state index in [9.17, 15) is 4.79 Å². The predicted octanol–water partition coefficient (Wildman–Crippen LogP) is 1.87. The Labute approximate surface area is 100 Å². The molecule has 0 aliphatic heterocycles. The molecular formula is C8H9BrClN3O2. The van der Waals surface area contributed by atoms with Gasteiger partial charge in [-0.05, 0) is 27.5 Å². The summed E-state index contributed by atoms with van der Waals surface area (Å²) in [6.45, 7) is 0.429. The number of esters is 1. The highest BCUT2D eigenvalue weighted by Crippen LogP contribution is 2.19. The number of aromatic nitrogens is 2. The van der Waals surface area contributed by atoms with Gasteiger partial charge < -0.3 is 10.1 Å². The molecule has 0 aliphatic rings. The van der Waals surface area contributed by atoms with E-state index in [4.69, 9.17) is 11.6 Å². The monoisotopic (exact) mass is 293 g/mol. The molecule has 0 unspecified atom stereocenters. The van der Waals surface area contributed by atoms with E-state index in [0.717, 1.165) is 0 Å². The van der Waals surface area contributed by atoms with Crippen molar-refractivity contribution >= 4 is 39.3 Å². The number of methoxy groups -OCH3 is 1. The zero-order chi connectivity index (χ0) is 11.3. The molecule has 0 saturated carbocycles. The van der Waals surface area contributed by atoms with E-state index in [1.807, 2.05) is 0 Å². The minimum atomic E-state index is -0.279. The van der Waals surface area contributed by atoms with Gasteiger partial charge >= 0.3 is 5.97 Å². The fourth-order valence-electron chi connectivity index (χ4n) is 0.855. The largest absolute Gasteiger partial charge is 0.469 e. The zero-order valence-electron chi connectivity index (χ0n) is 7.96. The molecule has 82 valence electrons. The molecule has 1 aromatic rings. The highest BCUT2D eigenvalue weighted by Gasteiger charge is 2.04. The van der Waals surface area contributed by atoms with E-state index >= 15 is 0 Å². The van der Waals surface area contributed by atoms with Crippen LogP contribution in [0.5, 0.6) is 0 Å². The summed E-state index contributed by atoms with van der Waals surface area (Å²) < 4.78 is 5.18. The van der Waals surface area contributed by atoms with Crippen LogP contribution in [0.1, 0.15) is 6.42 Å². The van der Waals surface area contributed by atoms with Crippen LogP contribution < -0.4 is 5.32 Å². The maximum absolute atomic E-state index is 10.8. The van der Waals surface area contributed by atoms with Crippen molar-refractivity contribution in [3.8, 4) is 0 Å². The molecule has 0 atom stereocenters. The molecule has 1 N–H and O–H groups in total. The molecule has 0 saturated heterocycles. The van der Waals surface area contributed by atoms with Crippen molar-refractivity contribution in [1.82, 2.24) is 9.97 Å². The second-order valence-corrected chi connectivity index (χ2v) is 3.78. The van der Waals surface area contributed by atoms with Crippen molar-refractivity contribution in [2.45, 2.75) is 6.42 Å². The lowest BCUT2D eigenvalue weighted by Crippen LogP contribution is -2.11. The van der Waals surface area contributed by atoms with Gasteiger partial charge in [0.2, 0.25) is 5.28 Å². The molecule has 0 aliphatic carbocycles. The van der Waals surface area contributed by atoms with Crippen molar-refractivity contribution in [2.75, 3.05) is 19.0 Å². The maximum Gasteiger partial charge on any atom is 0.307 e. The Kier molecular flexibility index (Phi) is 4.77. The van der Waals surface area contributed by atoms with Crippen LogP contribution in [-0.2, 0) is 9.53 Å². The zero-order valence-corrected chi connectivity index (χ0v) is 10.3. The summed E-state index contributed by atoms with van der Waals surface area (Å²) in [4.78, 5) is 18.5. The van der Waals surface area contributed by atoms with Crippen LogP contribution in [0, 0.1) is 0 Å². The Hall–Kier alpha value is -0.880. The summed E-state index contributed by atoms with van der Waals surface area (Å²) in [7, 11) is 1.35. The van der Waals surface area contributed by atoms with Crippen molar-refractivity contribution in [3.63, 3.8) is 0 Å². The molecular weight excluding hydrogens is 285 g/mol. The van der Waals surface area contributed by atoms with Crippen molar-refractivity contribution in [2.24, 2.45) is 0 Å². The molecule has 1 rings (SSSR count). The summed E-state index contributed by atoms with van der Waals surface area (Å²) in [5.74, 6) is 0.276. The summed E-state index contributed by atoms with van der Waals surface area (Å²) in [5.41, 5.74) is 0. The Morgan fingerprint density at radius 1 is 1.73 bits per heavy atom. The fourth-order valence-corrected chi connectivity index (χ4v) is 1.32. The number of rotatable bonds is 4. The van der Waals surface area contributed by atoms with Gasteiger partial charge in [0, 0.05) is 12.7 Å². The second-order valence-electron chi connectivity index (χ2n) is 2.59. The molecule has 1 heterocycles. The van der Waals surface area contributed by atoms with Crippen molar-refractivity contribution in [1.29, 1.82) is 0 Å². The molecule has 0 amide bonds. The molecule has 5 nitrogen and oxygen atoms in total. The van der Waals surface area contributed by atoms with E-state index in [0.29, 0.717) is 16.8 Å². The van der Waals surface area contributed by atoms with Crippen molar-refractivity contribution in [3.05, 3.63) is 16.0 Å². The first-order valence-electron chi connectivity index (χ1n) is 4.12. The number of nitrogens with zero attached hydrogens (tertiary/aromatic N) is 2. The first-order chi connectivity index (χ1) is 7.13. The second kappa shape index (κ2) is 5.87. The highest BCUT2D eigenvalue weighted by molar-refractivity contribution is 9.10. The molecule has 0 aromatic carbocycles. The average Bonchev–Trinajstić information content (AvgIpc) is 2.23. The van der Waals surface area contributed by atoms with Gasteiger partial charge in [-0.25, -0.2) is 4.98 Å². The van der Waals surface area contributed by atoms with Crippen LogP contribution in [0.15, 0.2) is 10.7 Å². The normalized spacial score (nSPS) is 9.80. The van der Waals surface area contributed by atoms with E-state index in [1.165, 1.54) is 13.3 Å². The van der Waals surface area contributed by atoms with Gasteiger partial charge in [0.1, 0.15) is 5.82 Å². The molecule has 0 fully saturated rings. The third-order valence-electron chi connectivity index (χ3n) is 1.56. The Balaban J connectivity index is 2.50. The van der Waals surface area contributed by atoms with Gasteiger partial charge in [-0.15, -0.1) is 0 Å². The van der Waals surface area contributed by atoms with E-state index in [2.05, 4.69) is 36.0 Å². The minimum absolute atomic E-state index is 0.152. The average molecular weight is 295 g/mol. The van der Waals surface area contributed by atoms with Gasteiger partial charge in [0.15, 0.2) is 0 Å². The lowest BCUT2D eigenvalue weighted by molar-refractivity contribution is -0.140. The molecule has 15 heavy (non-hydrogen) atoms. The van der Waals surface area contributed by atoms with Gasteiger partial charge in [0.05, 0.1) is 18.0 Å². The predicted molar refractivity (Wildman–Crippen MR) is 59.9 cm³/mol. The molecule has 7 heteroatoms. The van der Waals surface area contributed by atoms with Crippen LogP contribution in [0.4, 0.5) is 5.82 Å². The number of carbonyl (C=O) groups excluding carboxylic acids is 1. The van der Waals surface area contributed by atoms with Crippen LogP contribution in [0.25, 0.3) is 0 Å². The van der Waals surface area contributed by atoms with Gasteiger partial charge in [-0.1, -0.05) is 0 Å². The quantitative estimate of drug-likeness (QED) is 0.678. The topological polar surface area (TPSA) is 64.1 Å². The Morgan fingerprint density at radius 2 is 2.47 bits per heavy atom. The first-order valence-corrected chi connectivity index (χ1v) is 5.29. The van der Waals surface area contributed by atoms with Crippen LogP contribution >= 0.6 is 27.5 Å². The number of nitrogens with one attached hydrogen (secondary N) is 1. The molecule has 0 bridgehead atoms. The SMILES string of the molecule is COC(=O)CCNc1nc(Cl)ncc1Br. The van der Waals surface area contributed by atoms with Gasteiger partial charge in [-0.3, -0.25) is 4.79 Å². The number of hydrogen-bond acceptors (Lipinski definition) is 5. The molecule has 1 aromatic heterocycles.